The zero-order valence-corrected chi connectivity index (χ0v) is 14.0. The molecular formula is C18H17NO6. The number of aliphatic hydroxyl groups is 1. The number of likely N-dealkylation sites (N-methyl/N-ethyl adjacent to an activating group) is 1. The molecule has 7 heteroatoms. The van der Waals surface area contributed by atoms with Crippen LogP contribution in [0.4, 0.5) is 5.69 Å². The van der Waals surface area contributed by atoms with Crippen molar-refractivity contribution in [3.05, 3.63) is 41.5 Å². The first-order valence-corrected chi connectivity index (χ1v) is 7.69. The number of amides is 1. The first-order chi connectivity index (χ1) is 12.0. The summed E-state index contributed by atoms with van der Waals surface area (Å²) in [5.74, 6) is 0.736. The Labute approximate surface area is 144 Å². The molecule has 1 amide bonds. The molecule has 0 unspecified atom stereocenters. The van der Waals surface area contributed by atoms with Crippen LogP contribution in [0.3, 0.4) is 0 Å². The number of carbonyl (C=O) groups is 1. The van der Waals surface area contributed by atoms with E-state index in [1.54, 1.807) is 37.4 Å². The fourth-order valence-electron chi connectivity index (χ4n) is 3.47. The number of anilines is 1. The predicted molar refractivity (Wildman–Crippen MR) is 88.5 cm³/mol. The van der Waals surface area contributed by atoms with Gasteiger partial charge in [-0.2, -0.15) is 0 Å². The lowest BCUT2D eigenvalue weighted by Gasteiger charge is -2.26. The standard InChI is InChI=1S/C18H17NO6/c1-19-11-7-5-4-6-10(11)18(21,17(19)20)14-15(23-3)12(22-2)8-13-16(14)25-9-24-13/h4-8,21H,9H2,1-3H3/t18-/m0/s1. The Kier molecular flexibility index (Phi) is 3.30. The molecule has 0 spiro atoms. The summed E-state index contributed by atoms with van der Waals surface area (Å²) in [6, 6.07) is 8.66. The minimum atomic E-state index is -1.97. The minimum absolute atomic E-state index is 0.0135. The van der Waals surface area contributed by atoms with Crippen LogP contribution in [-0.4, -0.2) is 39.1 Å². The second-order valence-electron chi connectivity index (χ2n) is 5.81. The summed E-state index contributed by atoms with van der Waals surface area (Å²) < 4.78 is 21.8. The fraction of sp³-hybridized carbons (Fsp3) is 0.278. The third kappa shape index (κ3) is 1.87. The normalized spacial score (nSPS) is 20.6. The largest absolute Gasteiger partial charge is 0.493 e. The maximum Gasteiger partial charge on any atom is 0.268 e. The molecule has 0 fully saturated rings. The second-order valence-corrected chi connectivity index (χ2v) is 5.81. The van der Waals surface area contributed by atoms with Crippen molar-refractivity contribution in [3.63, 3.8) is 0 Å². The van der Waals surface area contributed by atoms with E-state index < -0.39 is 11.5 Å². The Bertz CT molecular complexity index is 880. The third-order valence-corrected chi connectivity index (χ3v) is 4.64. The Balaban J connectivity index is 2.08. The summed E-state index contributed by atoms with van der Waals surface area (Å²) in [7, 11) is 4.54. The highest BCUT2D eigenvalue weighted by molar-refractivity contribution is 6.09. The molecule has 1 atom stereocenters. The fourth-order valence-corrected chi connectivity index (χ4v) is 3.47. The maximum atomic E-state index is 13.0. The lowest BCUT2D eigenvalue weighted by Crippen LogP contribution is -2.40. The molecule has 0 bridgehead atoms. The van der Waals surface area contributed by atoms with Gasteiger partial charge in [-0.1, -0.05) is 18.2 Å². The van der Waals surface area contributed by atoms with Gasteiger partial charge in [-0.05, 0) is 6.07 Å². The van der Waals surface area contributed by atoms with Crippen molar-refractivity contribution in [3.8, 4) is 23.0 Å². The van der Waals surface area contributed by atoms with E-state index in [1.165, 1.54) is 19.1 Å². The van der Waals surface area contributed by atoms with Gasteiger partial charge in [0.2, 0.25) is 12.4 Å². The summed E-state index contributed by atoms with van der Waals surface area (Å²) in [6.07, 6.45) is 0. The molecule has 2 aliphatic rings. The van der Waals surface area contributed by atoms with Crippen molar-refractivity contribution >= 4 is 11.6 Å². The molecular weight excluding hydrogens is 326 g/mol. The molecule has 2 aliphatic heterocycles. The molecule has 0 aliphatic carbocycles. The van der Waals surface area contributed by atoms with Crippen molar-refractivity contribution in [1.29, 1.82) is 0 Å². The number of carbonyl (C=O) groups excluding carboxylic acids is 1. The van der Waals surface area contributed by atoms with Crippen LogP contribution in [0.2, 0.25) is 0 Å². The molecule has 0 aromatic heterocycles. The molecule has 7 nitrogen and oxygen atoms in total. The third-order valence-electron chi connectivity index (χ3n) is 4.64. The topological polar surface area (TPSA) is 77.5 Å². The average Bonchev–Trinajstić information content (AvgIpc) is 3.18. The molecule has 130 valence electrons. The molecule has 2 heterocycles. The summed E-state index contributed by atoms with van der Waals surface area (Å²) in [5, 5.41) is 11.6. The summed E-state index contributed by atoms with van der Waals surface area (Å²) in [5.41, 5.74) is -0.717. The maximum absolute atomic E-state index is 13.0. The van der Waals surface area contributed by atoms with Crippen LogP contribution in [0, 0.1) is 0 Å². The quantitative estimate of drug-likeness (QED) is 0.913. The second kappa shape index (κ2) is 5.29. The number of nitrogens with zero attached hydrogens (tertiary/aromatic N) is 1. The van der Waals surface area contributed by atoms with Crippen molar-refractivity contribution in [2.45, 2.75) is 5.60 Å². The van der Waals surface area contributed by atoms with Crippen LogP contribution >= 0.6 is 0 Å². The van der Waals surface area contributed by atoms with E-state index in [-0.39, 0.29) is 23.9 Å². The number of rotatable bonds is 3. The number of benzene rings is 2. The minimum Gasteiger partial charge on any atom is -0.493 e. The van der Waals surface area contributed by atoms with Crippen LogP contribution in [0.15, 0.2) is 30.3 Å². The van der Waals surface area contributed by atoms with Gasteiger partial charge in [0.15, 0.2) is 23.0 Å². The highest BCUT2D eigenvalue weighted by Gasteiger charge is 2.54. The van der Waals surface area contributed by atoms with E-state index in [2.05, 4.69) is 0 Å². The lowest BCUT2D eigenvalue weighted by atomic mass is 9.85. The van der Waals surface area contributed by atoms with Gasteiger partial charge in [-0.15, -0.1) is 0 Å². The highest BCUT2D eigenvalue weighted by atomic mass is 16.7. The lowest BCUT2D eigenvalue weighted by molar-refractivity contribution is -0.132. The van der Waals surface area contributed by atoms with E-state index in [9.17, 15) is 9.90 Å². The predicted octanol–water partition coefficient (Wildman–Crippen LogP) is 1.64. The molecule has 0 saturated heterocycles. The van der Waals surface area contributed by atoms with Gasteiger partial charge in [-0.25, -0.2) is 0 Å². The van der Waals surface area contributed by atoms with Crippen molar-refractivity contribution in [1.82, 2.24) is 0 Å². The van der Waals surface area contributed by atoms with Crippen LogP contribution in [0.1, 0.15) is 11.1 Å². The van der Waals surface area contributed by atoms with Gasteiger partial charge in [-0.3, -0.25) is 4.79 Å². The van der Waals surface area contributed by atoms with Crippen molar-refractivity contribution < 1.29 is 28.8 Å². The van der Waals surface area contributed by atoms with Crippen LogP contribution in [-0.2, 0) is 10.4 Å². The van der Waals surface area contributed by atoms with E-state index in [4.69, 9.17) is 18.9 Å². The van der Waals surface area contributed by atoms with Crippen molar-refractivity contribution in [2.75, 3.05) is 33.0 Å². The van der Waals surface area contributed by atoms with E-state index in [0.717, 1.165) is 0 Å². The van der Waals surface area contributed by atoms with Crippen LogP contribution in [0.25, 0.3) is 0 Å². The highest BCUT2D eigenvalue weighted by Crippen LogP contribution is 2.56. The number of para-hydroxylation sites is 1. The SMILES string of the molecule is COc1cc2c(c([C@]3(O)C(=O)N(C)c4ccccc43)c1OC)OCO2. The van der Waals surface area contributed by atoms with Gasteiger partial charge in [0.05, 0.1) is 25.5 Å². The smallest absolute Gasteiger partial charge is 0.268 e. The Morgan fingerprint density at radius 2 is 1.96 bits per heavy atom. The molecule has 2 aromatic carbocycles. The van der Waals surface area contributed by atoms with Gasteiger partial charge in [0.1, 0.15) is 0 Å². The number of hydrogen-bond donors (Lipinski definition) is 1. The van der Waals surface area contributed by atoms with E-state index in [1.807, 2.05) is 0 Å². The van der Waals surface area contributed by atoms with E-state index >= 15 is 0 Å². The molecule has 0 saturated carbocycles. The van der Waals surface area contributed by atoms with Gasteiger partial charge in [0.25, 0.3) is 5.91 Å². The molecule has 2 aromatic rings. The average molecular weight is 343 g/mol. The Hall–Kier alpha value is -2.93. The van der Waals surface area contributed by atoms with Crippen molar-refractivity contribution in [2.24, 2.45) is 0 Å². The number of ether oxygens (including phenoxy) is 4. The first kappa shape index (κ1) is 15.6. The zero-order chi connectivity index (χ0) is 17.8. The zero-order valence-electron chi connectivity index (χ0n) is 14.0. The first-order valence-electron chi connectivity index (χ1n) is 7.69. The van der Waals surface area contributed by atoms with Gasteiger partial charge in [0, 0.05) is 18.7 Å². The van der Waals surface area contributed by atoms with E-state index in [0.29, 0.717) is 22.7 Å². The summed E-state index contributed by atoms with van der Waals surface area (Å²) >= 11 is 0. The summed E-state index contributed by atoms with van der Waals surface area (Å²) in [4.78, 5) is 14.4. The molecule has 25 heavy (non-hydrogen) atoms. The number of hydrogen-bond acceptors (Lipinski definition) is 6. The van der Waals surface area contributed by atoms with Gasteiger partial charge >= 0.3 is 0 Å². The number of methoxy groups -OCH3 is 2. The summed E-state index contributed by atoms with van der Waals surface area (Å²) in [6.45, 7) is -0.0135. The molecule has 4 rings (SSSR count). The van der Waals surface area contributed by atoms with Crippen LogP contribution < -0.4 is 23.8 Å². The van der Waals surface area contributed by atoms with Gasteiger partial charge < -0.3 is 29.0 Å². The Morgan fingerprint density at radius 1 is 1.20 bits per heavy atom. The Morgan fingerprint density at radius 3 is 2.68 bits per heavy atom. The molecule has 1 N–H and O–H groups in total. The van der Waals surface area contributed by atoms with Crippen LogP contribution in [0.5, 0.6) is 23.0 Å². The molecule has 0 radical (unpaired) electrons. The monoisotopic (exact) mass is 343 g/mol. The number of fused-ring (bicyclic) bond motifs is 2.